The molecule has 1 aromatic rings. The van der Waals surface area contributed by atoms with Crippen LogP contribution in [0, 0.1) is 6.07 Å². The first-order valence-electron chi connectivity index (χ1n) is 3.09. The molecule has 0 atom stereocenters. The normalized spacial score (nSPS) is 9.18. The number of benzene rings is 1. The number of hydrogen-bond donors (Lipinski definition) is 1. The van der Waals surface area contributed by atoms with E-state index >= 15 is 0 Å². The Kier molecular flexibility index (Phi) is 2.11. The zero-order valence-corrected chi connectivity index (χ0v) is 6.13. The molecule has 11 heavy (non-hydrogen) atoms. The third-order valence-corrected chi connectivity index (χ3v) is 1.28. The first-order valence-corrected chi connectivity index (χ1v) is 3.09. The second-order valence-corrected chi connectivity index (χ2v) is 2.01. The van der Waals surface area contributed by atoms with Crippen molar-refractivity contribution in [3.8, 4) is 5.75 Å². The lowest BCUT2D eigenvalue weighted by molar-refractivity contribution is 0.1000. The smallest absolute Gasteiger partial charge is 0.248 e. The average molecular weight is 150 g/mol. The van der Waals surface area contributed by atoms with Crippen molar-refractivity contribution in [2.75, 3.05) is 7.11 Å². The predicted octanol–water partition coefficient (Wildman–Crippen LogP) is 0.594. The second-order valence-electron chi connectivity index (χ2n) is 2.01. The number of carbonyl (C=O) groups excluding carboxylic acids is 1. The monoisotopic (exact) mass is 150 g/mol. The quantitative estimate of drug-likeness (QED) is 0.671. The van der Waals surface area contributed by atoms with Gasteiger partial charge in [0.25, 0.3) is 0 Å². The lowest BCUT2D eigenvalue weighted by Gasteiger charge is -1.99. The summed E-state index contributed by atoms with van der Waals surface area (Å²) in [6.45, 7) is 0. The SMILES string of the molecule is COc1[c]ccc(C(N)=O)c1. The molecular weight excluding hydrogens is 142 g/mol. The van der Waals surface area contributed by atoms with E-state index in [4.69, 9.17) is 10.5 Å². The van der Waals surface area contributed by atoms with E-state index in [-0.39, 0.29) is 0 Å². The number of nitrogens with two attached hydrogens (primary N) is 1. The minimum Gasteiger partial charge on any atom is -0.496 e. The standard InChI is InChI=1S/C8H8NO2/c1-11-7-4-2-3-6(5-7)8(9)10/h2-3,5H,1H3,(H2,9,10). The van der Waals surface area contributed by atoms with E-state index in [9.17, 15) is 4.79 Å². The minimum absolute atomic E-state index is 0.431. The Morgan fingerprint density at radius 1 is 1.73 bits per heavy atom. The van der Waals surface area contributed by atoms with Crippen molar-refractivity contribution < 1.29 is 9.53 Å². The molecule has 0 aliphatic heterocycles. The van der Waals surface area contributed by atoms with Crippen LogP contribution in [0.4, 0.5) is 0 Å². The van der Waals surface area contributed by atoms with Crippen LogP contribution in [0.1, 0.15) is 10.4 Å². The third kappa shape index (κ3) is 1.70. The van der Waals surface area contributed by atoms with Gasteiger partial charge in [0.05, 0.1) is 7.11 Å². The number of carbonyl (C=O) groups is 1. The van der Waals surface area contributed by atoms with Gasteiger partial charge in [-0.05, 0) is 18.2 Å². The van der Waals surface area contributed by atoms with Crippen LogP contribution in [0.5, 0.6) is 5.75 Å². The fourth-order valence-corrected chi connectivity index (χ4v) is 0.716. The fourth-order valence-electron chi connectivity index (χ4n) is 0.716. The van der Waals surface area contributed by atoms with Crippen LogP contribution < -0.4 is 10.5 Å². The van der Waals surface area contributed by atoms with Crippen molar-refractivity contribution >= 4 is 5.91 Å². The van der Waals surface area contributed by atoms with Crippen molar-refractivity contribution in [3.05, 3.63) is 29.8 Å². The number of methoxy groups -OCH3 is 1. The maximum absolute atomic E-state index is 10.6. The lowest BCUT2D eigenvalue weighted by Crippen LogP contribution is -2.10. The highest BCUT2D eigenvalue weighted by atomic mass is 16.5. The molecule has 0 fully saturated rings. The van der Waals surface area contributed by atoms with Gasteiger partial charge in [-0.1, -0.05) is 0 Å². The maximum Gasteiger partial charge on any atom is 0.248 e. The summed E-state index contributed by atoms with van der Waals surface area (Å²) in [6.07, 6.45) is 0. The highest BCUT2D eigenvalue weighted by Gasteiger charge is 1.99. The summed E-state index contributed by atoms with van der Waals surface area (Å²) in [6, 6.07) is 7.51. The van der Waals surface area contributed by atoms with Crippen LogP contribution in [0.25, 0.3) is 0 Å². The fraction of sp³-hybridized carbons (Fsp3) is 0.125. The summed E-state index contributed by atoms with van der Waals surface area (Å²) in [5.74, 6) is 0.0543. The number of primary amides is 1. The molecule has 0 saturated heterocycles. The van der Waals surface area contributed by atoms with Crippen molar-refractivity contribution in [1.29, 1.82) is 0 Å². The molecular formula is C8H8NO2. The first kappa shape index (κ1) is 7.60. The summed E-state index contributed by atoms with van der Waals surface area (Å²) in [5.41, 5.74) is 5.46. The van der Waals surface area contributed by atoms with Gasteiger partial charge in [-0.25, -0.2) is 0 Å². The van der Waals surface area contributed by atoms with Crippen LogP contribution in [0.2, 0.25) is 0 Å². The lowest BCUT2D eigenvalue weighted by atomic mass is 10.2. The molecule has 0 unspecified atom stereocenters. The van der Waals surface area contributed by atoms with E-state index < -0.39 is 5.91 Å². The zero-order valence-electron chi connectivity index (χ0n) is 6.13. The molecule has 0 spiro atoms. The van der Waals surface area contributed by atoms with Gasteiger partial charge in [0.2, 0.25) is 5.91 Å². The topological polar surface area (TPSA) is 52.3 Å². The molecule has 0 aromatic heterocycles. The number of ether oxygens (including phenoxy) is 1. The van der Waals surface area contributed by atoms with Crippen molar-refractivity contribution in [3.63, 3.8) is 0 Å². The van der Waals surface area contributed by atoms with Gasteiger partial charge in [0.1, 0.15) is 5.75 Å². The summed E-state index contributed by atoms with van der Waals surface area (Å²) >= 11 is 0. The highest BCUT2D eigenvalue weighted by molar-refractivity contribution is 5.93. The van der Waals surface area contributed by atoms with Crippen LogP contribution in [0.3, 0.4) is 0 Å². The van der Waals surface area contributed by atoms with Crippen LogP contribution in [-0.2, 0) is 0 Å². The Balaban J connectivity index is 3.01. The molecule has 1 rings (SSSR count). The predicted molar refractivity (Wildman–Crippen MR) is 40.3 cm³/mol. The van der Waals surface area contributed by atoms with Crippen LogP contribution in [-0.4, -0.2) is 13.0 Å². The largest absolute Gasteiger partial charge is 0.496 e. The van der Waals surface area contributed by atoms with Crippen molar-refractivity contribution in [2.24, 2.45) is 5.73 Å². The van der Waals surface area contributed by atoms with Gasteiger partial charge in [0, 0.05) is 11.6 Å². The first-order chi connectivity index (χ1) is 5.24. The van der Waals surface area contributed by atoms with E-state index in [1.807, 2.05) is 0 Å². The minimum atomic E-state index is -0.461. The maximum atomic E-state index is 10.6. The molecule has 1 amide bonds. The Labute approximate surface area is 64.8 Å². The Hall–Kier alpha value is -1.51. The third-order valence-electron chi connectivity index (χ3n) is 1.28. The highest BCUT2D eigenvalue weighted by Crippen LogP contribution is 2.10. The van der Waals surface area contributed by atoms with Gasteiger partial charge in [-0.15, -0.1) is 0 Å². The van der Waals surface area contributed by atoms with Gasteiger partial charge >= 0.3 is 0 Å². The molecule has 0 aliphatic carbocycles. The molecule has 2 N–H and O–H groups in total. The van der Waals surface area contributed by atoms with Gasteiger partial charge in [-0.2, -0.15) is 0 Å². The van der Waals surface area contributed by atoms with Crippen LogP contribution >= 0.6 is 0 Å². The molecule has 0 heterocycles. The Morgan fingerprint density at radius 3 is 3.00 bits per heavy atom. The molecule has 3 nitrogen and oxygen atoms in total. The summed E-state index contributed by atoms with van der Waals surface area (Å²) in [7, 11) is 1.51. The van der Waals surface area contributed by atoms with E-state index in [2.05, 4.69) is 6.07 Å². The molecule has 0 saturated carbocycles. The molecule has 0 aliphatic rings. The van der Waals surface area contributed by atoms with E-state index in [1.54, 1.807) is 18.2 Å². The van der Waals surface area contributed by atoms with Crippen LogP contribution in [0.15, 0.2) is 18.2 Å². The zero-order chi connectivity index (χ0) is 8.27. The van der Waals surface area contributed by atoms with E-state index in [0.717, 1.165) is 0 Å². The molecule has 57 valence electrons. The summed E-state index contributed by atoms with van der Waals surface area (Å²) < 4.78 is 4.84. The number of hydrogen-bond acceptors (Lipinski definition) is 2. The van der Waals surface area contributed by atoms with Gasteiger partial charge < -0.3 is 10.5 Å². The van der Waals surface area contributed by atoms with E-state index in [0.29, 0.717) is 11.3 Å². The molecule has 1 radical (unpaired) electrons. The van der Waals surface area contributed by atoms with Crippen molar-refractivity contribution in [2.45, 2.75) is 0 Å². The second kappa shape index (κ2) is 3.05. The number of rotatable bonds is 2. The van der Waals surface area contributed by atoms with Gasteiger partial charge in [-0.3, -0.25) is 4.79 Å². The molecule has 3 heteroatoms. The number of amides is 1. The van der Waals surface area contributed by atoms with Crippen molar-refractivity contribution in [1.82, 2.24) is 0 Å². The Bertz CT molecular complexity index is 271. The summed E-state index contributed by atoms with van der Waals surface area (Å²) in [5, 5.41) is 0. The van der Waals surface area contributed by atoms with Gasteiger partial charge in [0.15, 0.2) is 0 Å². The molecule has 0 bridgehead atoms. The Morgan fingerprint density at radius 2 is 2.45 bits per heavy atom. The summed E-state index contributed by atoms with van der Waals surface area (Å²) in [4.78, 5) is 10.6. The average Bonchev–Trinajstić information content (AvgIpc) is 2.05. The molecule has 1 aromatic carbocycles. The van der Waals surface area contributed by atoms with E-state index in [1.165, 1.54) is 7.11 Å².